The number of carboxylic acids is 1. The molecule has 0 unspecified atom stereocenters. The third-order valence-corrected chi connectivity index (χ3v) is 2.04. The molecular formula is C11H11F3O3. The first kappa shape index (κ1) is 13.3. The summed E-state index contributed by atoms with van der Waals surface area (Å²) in [5, 5.41) is 8.35. The van der Waals surface area contributed by atoms with Gasteiger partial charge in [-0.15, -0.1) is 0 Å². The number of ether oxygens (including phenoxy) is 1. The van der Waals surface area contributed by atoms with Gasteiger partial charge in [-0.25, -0.2) is 8.78 Å². The molecule has 0 saturated heterocycles. The number of unbranched alkanes of at least 4 members (excludes halogenated alkanes) is 1. The molecule has 1 aromatic carbocycles. The number of halogens is 3. The van der Waals surface area contributed by atoms with Gasteiger partial charge in [-0.1, -0.05) is 0 Å². The van der Waals surface area contributed by atoms with E-state index < -0.39 is 23.4 Å². The van der Waals surface area contributed by atoms with Crippen LogP contribution >= 0.6 is 0 Å². The van der Waals surface area contributed by atoms with Crippen molar-refractivity contribution in [3.05, 3.63) is 29.6 Å². The van der Waals surface area contributed by atoms with Gasteiger partial charge in [0.2, 0.25) is 5.82 Å². The summed E-state index contributed by atoms with van der Waals surface area (Å²) in [6.07, 6.45) is 0.759. The van der Waals surface area contributed by atoms with Crippen LogP contribution in [-0.4, -0.2) is 17.7 Å². The van der Waals surface area contributed by atoms with E-state index in [0.717, 1.165) is 12.1 Å². The summed E-state index contributed by atoms with van der Waals surface area (Å²) >= 11 is 0. The van der Waals surface area contributed by atoms with Gasteiger partial charge >= 0.3 is 5.97 Å². The Hall–Kier alpha value is -1.72. The quantitative estimate of drug-likeness (QED) is 0.622. The highest BCUT2D eigenvalue weighted by Crippen LogP contribution is 2.21. The first-order valence-corrected chi connectivity index (χ1v) is 5.00. The Kier molecular flexibility index (Phi) is 4.81. The van der Waals surface area contributed by atoms with E-state index in [0.29, 0.717) is 12.8 Å². The molecule has 0 aliphatic rings. The maximum atomic E-state index is 13.1. The van der Waals surface area contributed by atoms with Gasteiger partial charge in [0.25, 0.3) is 0 Å². The van der Waals surface area contributed by atoms with Crippen LogP contribution in [-0.2, 0) is 4.79 Å². The minimum Gasteiger partial charge on any atom is -0.490 e. The molecule has 0 fully saturated rings. The molecule has 0 radical (unpaired) electrons. The van der Waals surface area contributed by atoms with Crippen LogP contribution in [0, 0.1) is 17.5 Å². The van der Waals surface area contributed by atoms with Crippen molar-refractivity contribution >= 4 is 5.97 Å². The highest BCUT2D eigenvalue weighted by Gasteiger charge is 2.14. The van der Waals surface area contributed by atoms with Crippen molar-refractivity contribution in [1.29, 1.82) is 0 Å². The van der Waals surface area contributed by atoms with Crippen LogP contribution in [0.5, 0.6) is 5.75 Å². The Morgan fingerprint density at radius 1 is 1.18 bits per heavy atom. The van der Waals surface area contributed by atoms with Crippen LogP contribution in [0.1, 0.15) is 19.3 Å². The average molecular weight is 248 g/mol. The van der Waals surface area contributed by atoms with E-state index in [1.54, 1.807) is 0 Å². The highest BCUT2D eigenvalue weighted by molar-refractivity contribution is 5.66. The van der Waals surface area contributed by atoms with Crippen LogP contribution < -0.4 is 4.74 Å². The summed E-state index contributed by atoms with van der Waals surface area (Å²) in [5.41, 5.74) is 0. The van der Waals surface area contributed by atoms with E-state index >= 15 is 0 Å². The zero-order valence-corrected chi connectivity index (χ0v) is 8.88. The predicted octanol–water partition coefficient (Wildman–Crippen LogP) is 2.74. The number of carbonyl (C=O) groups is 1. The molecule has 0 atom stereocenters. The van der Waals surface area contributed by atoms with E-state index in [1.807, 2.05) is 0 Å². The van der Waals surface area contributed by atoms with Gasteiger partial charge in [-0.2, -0.15) is 4.39 Å². The van der Waals surface area contributed by atoms with Gasteiger partial charge in [0.1, 0.15) is 0 Å². The fourth-order valence-corrected chi connectivity index (χ4v) is 1.18. The summed E-state index contributed by atoms with van der Waals surface area (Å²) < 4.78 is 43.3. The third kappa shape index (κ3) is 3.97. The fourth-order valence-electron chi connectivity index (χ4n) is 1.18. The van der Waals surface area contributed by atoms with E-state index in [1.165, 1.54) is 0 Å². The second kappa shape index (κ2) is 6.12. The number of rotatable bonds is 6. The number of aliphatic carboxylic acids is 1. The molecule has 0 aliphatic heterocycles. The highest BCUT2D eigenvalue weighted by atomic mass is 19.2. The zero-order chi connectivity index (χ0) is 12.8. The summed E-state index contributed by atoms with van der Waals surface area (Å²) in [4.78, 5) is 10.2. The number of hydrogen-bond donors (Lipinski definition) is 1. The third-order valence-electron chi connectivity index (χ3n) is 2.04. The molecule has 1 aromatic rings. The van der Waals surface area contributed by atoms with E-state index in [2.05, 4.69) is 0 Å². The van der Waals surface area contributed by atoms with Crippen LogP contribution in [0.3, 0.4) is 0 Å². The molecule has 0 amide bonds. The molecule has 17 heavy (non-hydrogen) atoms. The lowest BCUT2D eigenvalue weighted by Gasteiger charge is -2.07. The van der Waals surface area contributed by atoms with Crippen molar-refractivity contribution in [2.24, 2.45) is 0 Å². The Morgan fingerprint density at radius 3 is 2.53 bits per heavy atom. The standard InChI is InChI=1S/C11H11F3O3/c12-7-4-5-8(11(14)10(7)13)17-6-2-1-3-9(15)16/h4-5H,1-3,6H2,(H,15,16). The Balaban J connectivity index is 2.42. The van der Waals surface area contributed by atoms with Crippen molar-refractivity contribution in [1.82, 2.24) is 0 Å². The minimum absolute atomic E-state index is 0.0103. The monoisotopic (exact) mass is 248 g/mol. The van der Waals surface area contributed by atoms with Crippen LogP contribution in [0.4, 0.5) is 13.2 Å². The Bertz CT molecular complexity index is 407. The number of hydrogen-bond acceptors (Lipinski definition) is 2. The molecule has 0 aromatic heterocycles. The summed E-state index contributed by atoms with van der Waals surface area (Å²) in [7, 11) is 0. The van der Waals surface area contributed by atoms with Gasteiger partial charge in [0.05, 0.1) is 6.61 Å². The van der Waals surface area contributed by atoms with Crippen molar-refractivity contribution in [3.8, 4) is 5.75 Å². The molecule has 0 aliphatic carbocycles. The maximum Gasteiger partial charge on any atom is 0.303 e. The van der Waals surface area contributed by atoms with Gasteiger partial charge in [0.15, 0.2) is 17.4 Å². The zero-order valence-electron chi connectivity index (χ0n) is 8.88. The topological polar surface area (TPSA) is 46.5 Å². The molecule has 0 bridgehead atoms. The molecule has 6 heteroatoms. The second-order valence-electron chi connectivity index (χ2n) is 3.37. The van der Waals surface area contributed by atoms with Crippen LogP contribution in [0.2, 0.25) is 0 Å². The predicted molar refractivity (Wildman–Crippen MR) is 53.3 cm³/mol. The van der Waals surface area contributed by atoms with Gasteiger partial charge in [-0.3, -0.25) is 4.79 Å². The smallest absolute Gasteiger partial charge is 0.303 e. The number of benzene rings is 1. The number of carboxylic acid groups (broad SMARTS) is 1. The first-order valence-electron chi connectivity index (χ1n) is 5.00. The SMILES string of the molecule is O=C(O)CCCCOc1ccc(F)c(F)c1F. The fraction of sp³-hybridized carbons (Fsp3) is 0.364. The lowest BCUT2D eigenvalue weighted by atomic mass is 10.2. The molecule has 1 N–H and O–H groups in total. The van der Waals surface area contributed by atoms with Crippen LogP contribution in [0.25, 0.3) is 0 Å². The van der Waals surface area contributed by atoms with Crippen molar-refractivity contribution in [2.75, 3.05) is 6.61 Å². The molecule has 1 rings (SSSR count). The molecule has 94 valence electrons. The summed E-state index contributed by atoms with van der Waals surface area (Å²) in [6.45, 7) is 0.0509. The van der Waals surface area contributed by atoms with E-state index in [9.17, 15) is 18.0 Å². The van der Waals surface area contributed by atoms with Gasteiger partial charge < -0.3 is 9.84 Å². The second-order valence-corrected chi connectivity index (χ2v) is 3.37. The molecule has 0 saturated carbocycles. The van der Waals surface area contributed by atoms with Crippen molar-refractivity contribution in [2.45, 2.75) is 19.3 Å². The first-order chi connectivity index (χ1) is 8.02. The summed E-state index contributed by atoms with van der Waals surface area (Å²) in [6, 6.07) is 1.76. The lowest BCUT2D eigenvalue weighted by molar-refractivity contribution is -0.137. The van der Waals surface area contributed by atoms with Gasteiger partial charge in [0, 0.05) is 6.42 Å². The molecular weight excluding hydrogens is 237 g/mol. The van der Waals surface area contributed by atoms with Crippen molar-refractivity contribution in [3.63, 3.8) is 0 Å². The van der Waals surface area contributed by atoms with E-state index in [4.69, 9.17) is 9.84 Å². The minimum atomic E-state index is -1.58. The van der Waals surface area contributed by atoms with Crippen molar-refractivity contribution < 1.29 is 27.8 Å². The summed E-state index contributed by atoms with van der Waals surface area (Å²) in [5.74, 6) is -5.53. The average Bonchev–Trinajstić information content (AvgIpc) is 2.28. The molecule has 0 spiro atoms. The molecule has 0 heterocycles. The van der Waals surface area contributed by atoms with E-state index in [-0.39, 0.29) is 18.8 Å². The largest absolute Gasteiger partial charge is 0.490 e. The molecule has 3 nitrogen and oxygen atoms in total. The van der Waals surface area contributed by atoms with Crippen LogP contribution in [0.15, 0.2) is 12.1 Å². The lowest BCUT2D eigenvalue weighted by Crippen LogP contribution is -2.03. The normalized spacial score (nSPS) is 10.3. The van der Waals surface area contributed by atoms with Gasteiger partial charge in [-0.05, 0) is 25.0 Å². The Labute approximate surface area is 95.8 Å². The Morgan fingerprint density at radius 2 is 1.88 bits per heavy atom. The maximum absolute atomic E-state index is 13.1.